The van der Waals surface area contributed by atoms with Crippen molar-refractivity contribution in [1.29, 1.82) is 0 Å². The van der Waals surface area contributed by atoms with Gasteiger partial charge in [0.05, 0.1) is 13.2 Å². The lowest BCUT2D eigenvalue weighted by Crippen LogP contribution is -2.38. The highest BCUT2D eigenvalue weighted by Gasteiger charge is 2.22. The van der Waals surface area contributed by atoms with Crippen molar-refractivity contribution >= 4 is 28.2 Å². The van der Waals surface area contributed by atoms with Crippen LogP contribution in [0.15, 0.2) is 42.5 Å². The minimum atomic E-state index is 0.120. The maximum Gasteiger partial charge on any atom is 0.221 e. The molecule has 0 aliphatic carbocycles. The third-order valence-electron chi connectivity index (χ3n) is 6.17. The number of anilines is 3. The molecule has 0 amide bonds. The van der Waals surface area contributed by atoms with Gasteiger partial charge in [-0.15, -0.1) is 6.42 Å². The second-order valence-electron chi connectivity index (χ2n) is 8.15. The molecule has 0 saturated carbocycles. The lowest BCUT2D eigenvalue weighted by atomic mass is 10.1. The molecular weight excluding hydrogens is 402 g/mol. The van der Waals surface area contributed by atoms with E-state index in [2.05, 4.69) is 50.0 Å². The molecule has 3 heterocycles. The van der Waals surface area contributed by atoms with E-state index in [1.54, 1.807) is 0 Å². The first-order chi connectivity index (χ1) is 15.7. The van der Waals surface area contributed by atoms with Crippen LogP contribution in [0.3, 0.4) is 0 Å². The van der Waals surface area contributed by atoms with Crippen LogP contribution in [-0.2, 0) is 4.74 Å². The van der Waals surface area contributed by atoms with E-state index in [0.717, 1.165) is 57.6 Å². The molecule has 2 aliphatic heterocycles. The number of morpholine rings is 1. The normalized spacial score (nSPS) is 17.3. The fourth-order valence-corrected chi connectivity index (χ4v) is 4.46. The van der Waals surface area contributed by atoms with Crippen molar-refractivity contribution in [3.63, 3.8) is 0 Å². The molecule has 0 atom stereocenters. The van der Waals surface area contributed by atoms with Crippen molar-refractivity contribution in [2.24, 2.45) is 0 Å². The van der Waals surface area contributed by atoms with E-state index in [9.17, 15) is 0 Å². The zero-order valence-electron chi connectivity index (χ0n) is 18.0. The molecule has 164 valence electrons. The molecule has 2 fully saturated rings. The Balaban J connectivity index is 1.24. The summed E-state index contributed by atoms with van der Waals surface area (Å²) in [6, 6.07) is 14.6. The third kappa shape index (κ3) is 4.14. The van der Waals surface area contributed by atoms with Crippen LogP contribution in [0.2, 0.25) is 0 Å². The Kier molecular flexibility index (Phi) is 5.70. The summed E-state index contributed by atoms with van der Waals surface area (Å²) >= 11 is 0. The summed E-state index contributed by atoms with van der Waals surface area (Å²) < 4.78 is 11.8. The first-order valence-electron chi connectivity index (χ1n) is 11.1. The number of hydrogen-bond donors (Lipinski definition) is 1. The zero-order chi connectivity index (χ0) is 21.9. The van der Waals surface area contributed by atoms with Crippen molar-refractivity contribution in [2.45, 2.75) is 18.9 Å². The molecule has 2 saturated heterocycles. The fourth-order valence-electron chi connectivity index (χ4n) is 4.46. The Labute approximate surface area is 188 Å². The zero-order valence-corrected chi connectivity index (χ0v) is 18.0. The van der Waals surface area contributed by atoms with Gasteiger partial charge in [-0.3, -0.25) is 0 Å². The van der Waals surface area contributed by atoms with Crippen LogP contribution in [-0.4, -0.2) is 55.5 Å². The molecule has 1 aromatic heterocycles. The Hall–Kier alpha value is -3.50. The molecule has 7 nitrogen and oxygen atoms in total. The Morgan fingerprint density at radius 3 is 2.25 bits per heavy atom. The highest BCUT2D eigenvalue weighted by molar-refractivity contribution is 5.89. The van der Waals surface area contributed by atoms with Crippen LogP contribution in [0.4, 0.5) is 17.3 Å². The number of para-hydroxylation sites is 1. The Morgan fingerprint density at radius 1 is 0.938 bits per heavy atom. The summed E-state index contributed by atoms with van der Waals surface area (Å²) in [6.07, 6.45) is 7.58. The van der Waals surface area contributed by atoms with Crippen molar-refractivity contribution < 1.29 is 9.47 Å². The lowest BCUT2D eigenvalue weighted by molar-refractivity contribution is 0.122. The Bertz CT molecular complexity index is 1130. The fraction of sp³-hybridized carbons (Fsp3) is 0.360. The highest BCUT2D eigenvalue weighted by atomic mass is 16.5. The van der Waals surface area contributed by atoms with Crippen molar-refractivity contribution in [3.05, 3.63) is 48.2 Å². The number of aromatic nitrogens is 2. The van der Waals surface area contributed by atoms with Gasteiger partial charge in [-0.2, -0.15) is 0 Å². The highest BCUT2D eigenvalue weighted by Crippen LogP contribution is 2.30. The minimum Gasteiger partial charge on any atom is -0.488 e. The van der Waals surface area contributed by atoms with Crippen molar-refractivity contribution in [2.75, 3.05) is 54.9 Å². The van der Waals surface area contributed by atoms with Crippen LogP contribution in [0.5, 0.6) is 5.75 Å². The quantitative estimate of drug-likeness (QED) is 0.639. The van der Waals surface area contributed by atoms with E-state index in [-0.39, 0.29) is 12.1 Å². The summed E-state index contributed by atoms with van der Waals surface area (Å²) in [5, 5.41) is 0.789. The van der Waals surface area contributed by atoms with Gasteiger partial charge < -0.3 is 25.0 Å². The van der Waals surface area contributed by atoms with Gasteiger partial charge in [0.15, 0.2) is 0 Å². The molecular formula is C25H27N5O2. The van der Waals surface area contributed by atoms with Crippen LogP contribution in [0.1, 0.15) is 18.5 Å². The molecule has 0 bridgehead atoms. The summed E-state index contributed by atoms with van der Waals surface area (Å²) in [4.78, 5) is 13.3. The van der Waals surface area contributed by atoms with Gasteiger partial charge in [0.25, 0.3) is 0 Å². The van der Waals surface area contributed by atoms with Gasteiger partial charge in [-0.05, 0) is 42.3 Å². The molecule has 5 rings (SSSR count). The second kappa shape index (κ2) is 8.93. The first-order valence-corrected chi connectivity index (χ1v) is 11.1. The van der Waals surface area contributed by atoms with Gasteiger partial charge in [0.2, 0.25) is 5.95 Å². The van der Waals surface area contributed by atoms with E-state index >= 15 is 0 Å². The van der Waals surface area contributed by atoms with Crippen LogP contribution < -0.4 is 20.3 Å². The number of terminal acetylenes is 1. The van der Waals surface area contributed by atoms with Crippen LogP contribution in [0.25, 0.3) is 10.9 Å². The van der Waals surface area contributed by atoms with E-state index in [0.29, 0.717) is 17.0 Å². The van der Waals surface area contributed by atoms with Crippen LogP contribution >= 0.6 is 0 Å². The van der Waals surface area contributed by atoms with E-state index in [1.807, 2.05) is 18.2 Å². The lowest BCUT2D eigenvalue weighted by Gasteiger charge is -2.34. The number of nitrogens with two attached hydrogens (primary N) is 1. The van der Waals surface area contributed by atoms with Gasteiger partial charge in [-0.1, -0.05) is 6.07 Å². The first kappa shape index (κ1) is 20.4. The smallest absolute Gasteiger partial charge is 0.221 e. The van der Waals surface area contributed by atoms with E-state index in [1.165, 1.54) is 11.4 Å². The Morgan fingerprint density at radius 2 is 1.59 bits per heavy atom. The molecule has 2 aliphatic rings. The SMILES string of the molecule is C#Cc1nc(N)nc2c(OC3CCN(c4ccc(N5CCOCC5)cc4)CC3)cccc12. The number of fused-ring (bicyclic) bond motifs is 1. The number of piperidine rings is 1. The predicted molar refractivity (Wildman–Crippen MR) is 127 cm³/mol. The summed E-state index contributed by atoms with van der Waals surface area (Å²) in [7, 11) is 0. The number of rotatable bonds is 4. The molecule has 0 unspecified atom stereocenters. The number of nitrogens with zero attached hydrogens (tertiary/aromatic N) is 4. The monoisotopic (exact) mass is 429 g/mol. The average Bonchev–Trinajstić information content (AvgIpc) is 2.85. The standard InChI is InChI=1S/C25H27N5O2/c1-2-22-21-4-3-5-23(24(21)28-25(26)27-22)32-20-10-12-29(13-11-20)18-6-8-19(9-7-18)30-14-16-31-17-15-30/h1,3-9,20H,10-17H2,(H2,26,27,28). The average molecular weight is 430 g/mol. The second-order valence-corrected chi connectivity index (χ2v) is 8.15. The molecule has 3 aromatic rings. The molecule has 0 radical (unpaired) electrons. The number of nitrogen functional groups attached to an aromatic ring is 1. The molecule has 2 aromatic carbocycles. The van der Waals surface area contributed by atoms with Gasteiger partial charge >= 0.3 is 0 Å². The number of hydrogen-bond acceptors (Lipinski definition) is 7. The topological polar surface area (TPSA) is 76.7 Å². The molecule has 0 spiro atoms. The third-order valence-corrected chi connectivity index (χ3v) is 6.17. The van der Waals surface area contributed by atoms with E-state index < -0.39 is 0 Å². The molecule has 7 heteroatoms. The van der Waals surface area contributed by atoms with Crippen LogP contribution in [0, 0.1) is 12.3 Å². The van der Waals surface area contributed by atoms with Crippen molar-refractivity contribution in [1.82, 2.24) is 9.97 Å². The maximum absolute atomic E-state index is 6.35. The van der Waals surface area contributed by atoms with Gasteiger partial charge in [0.1, 0.15) is 23.1 Å². The number of ether oxygens (including phenoxy) is 2. The molecule has 32 heavy (non-hydrogen) atoms. The largest absolute Gasteiger partial charge is 0.488 e. The number of benzene rings is 2. The van der Waals surface area contributed by atoms with Gasteiger partial charge in [0, 0.05) is 55.8 Å². The van der Waals surface area contributed by atoms with Crippen molar-refractivity contribution in [3.8, 4) is 18.1 Å². The minimum absolute atomic E-state index is 0.120. The maximum atomic E-state index is 6.35. The summed E-state index contributed by atoms with van der Waals surface area (Å²) in [5.41, 5.74) is 9.54. The summed E-state index contributed by atoms with van der Waals surface area (Å²) in [5.74, 6) is 3.46. The van der Waals surface area contributed by atoms with E-state index in [4.69, 9.17) is 21.6 Å². The molecule has 2 N–H and O–H groups in total. The summed E-state index contributed by atoms with van der Waals surface area (Å²) in [6.45, 7) is 5.40. The van der Waals surface area contributed by atoms with Gasteiger partial charge in [-0.25, -0.2) is 9.97 Å². The predicted octanol–water partition coefficient (Wildman–Crippen LogP) is 3.08.